The topological polar surface area (TPSA) is 67.2 Å². The van der Waals surface area contributed by atoms with Crippen LogP contribution in [0.3, 0.4) is 0 Å². The van der Waals surface area contributed by atoms with Crippen molar-refractivity contribution >= 4 is 28.6 Å². The lowest BCUT2D eigenvalue weighted by molar-refractivity contribution is -0.140. The van der Waals surface area contributed by atoms with Crippen LogP contribution in [-0.2, 0) is 4.79 Å². The van der Waals surface area contributed by atoms with Gasteiger partial charge >= 0.3 is 5.97 Å². The Labute approximate surface area is 108 Å². The minimum Gasteiger partial charge on any atom is -0.480 e. The SMILES string of the molecule is CCCNC(C(=O)O)C(C)n1cc(I)cn1. The number of aliphatic carboxylic acids is 1. The molecule has 1 aromatic rings. The maximum absolute atomic E-state index is 11.1. The smallest absolute Gasteiger partial charge is 0.322 e. The fourth-order valence-electron chi connectivity index (χ4n) is 1.45. The van der Waals surface area contributed by atoms with E-state index in [4.69, 9.17) is 5.11 Å². The molecule has 0 saturated heterocycles. The van der Waals surface area contributed by atoms with Crippen molar-refractivity contribution in [1.82, 2.24) is 15.1 Å². The van der Waals surface area contributed by atoms with E-state index in [9.17, 15) is 4.79 Å². The fraction of sp³-hybridized carbons (Fsp3) is 0.600. The Hall–Kier alpha value is -0.630. The molecule has 2 atom stereocenters. The van der Waals surface area contributed by atoms with E-state index in [-0.39, 0.29) is 6.04 Å². The van der Waals surface area contributed by atoms with Gasteiger partial charge in [0.2, 0.25) is 0 Å². The molecule has 5 nitrogen and oxygen atoms in total. The molecule has 0 aliphatic rings. The Morgan fingerprint density at radius 3 is 2.88 bits per heavy atom. The highest BCUT2D eigenvalue weighted by atomic mass is 127. The molecular formula is C10H16IN3O2. The van der Waals surface area contributed by atoms with Crippen LogP contribution in [0.1, 0.15) is 26.3 Å². The van der Waals surface area contributed by atoms with Gasteiger partial charge in [-0.3, -0.25) is 9.48 Å². The summed E-state index contributed by atoms with van der Waals surface area (Å²) in [6, 6.07) is -0.803. The molecule has 0 saturated carbocycles. The second-order valence-corrected chi connectivity index (χ2v) is 4.89. The normalized spacial score (nSPS) is 14.7. The maximum atomic E-state index is 11.1. The van der Waals surface area contributed by atoms with Gasteiger partial charge in [-0.1, -0.05) is 6.92 Å². The highest BCUT2D eigenvalue weighted by Crippen LogP contribution is 2.12. The average molecular weight is 337 g/mol. The number of hydrogen-bond donors (Lipinski definition) is 2. The third kappa shape index (κ3) is 3.44. The summed E-state index contributed by atoms with van der Waals surface area (Å²) >= 11 is 2.15. The first-order valence-electron chi connectivity index (χ1n) is 5.22. The van der Waals surface area contributed by atoms with E-state index in [1.165, 1.54) is 0 Å². The molecule has 0 spiro atoms. The maximum Gasteiger partial charge on any atom is 0.322 e. The van der Waals surface area contributed by atoms with Crippen molar-refractivity contribution in [2.75, 3.05) is 6.54 Å². The second kappa shape index (κ2) is 6.19. The number of nitrogens with one attached hydrogen (secondary N) is 1. The summed E-state index contributed by atoms with van der Waals surface area (Å²) in [5.41, 5.74) is 0. The Morgan fingerprint density at radius 1 is 1.75 bits per heavy atom. The molecule has 0 amide bonds. The molecule has 90 valence electrons. The molecule has 0 fully saturated rings. The molecule has 6 heteroatoms. The van der Waals surface area contributed by atoms with Crippen molar-refractivity contribution in [3.05, 3.63) is 16.0 Å². The molecule has 0 bridgehead atoms. The van der Waals surface area contributed by atoms with Gasteiger partial charge in [0.05, 0.1) is 15.8 Å². The van der Waals surface area contributed by atoms with E-state index in [1.54, 1.807) is 10.9 Å². The zero-order valence-electron chi connectivity index (χ0n) is 9.35. The van der Waals surface area contributed by atoms with Crippen molar-refractivity contribution < 1.29 is 9.90 Å². The minimum absolute atomic E-state index is 0.201. The van der Waals surface area contributed by atoms with Gasteiger partial charge in [0, 0.05) is 6.20 Å². The molecule has 1 rings (SSSR count). The number of carbonyl (C=O) groups is 1. The molecule has 2 N–H and O–H groups in total. The van der Waals surface area contributed by atoms with Gasteiger partial charge in [-0.25, -0.2) is 0 Å². The summed E-state index contributed by atoms with van der Waals surface area (Å²) in [6.45, 7) is 4.55. The van der Waals surface area contributed by atoms with Gasteiger partial charge in [-0.2, -0.15) is 5.10 Å². The lowest BCUT2D eigenvalue weighted by atomic mass is 10.1. The van der Waals surface area contributed by atoms with E-state index in [0.29, 0.717) is 6.54 Å². The molecule has 0 aliphatic heterocycles. The van der Waals surface area contributed by atoms with Crippen LogP contribution in [0.2, 0.25) is 0 Å². The fourth-order valence-corrected chi connectivity index (χ4v) is 1.86. The van der Waals surface area contributed by atoms with Crippen LogP contribution in [0.25, 0.3) is 0 Å². The summed E-state index contributed by atoms with van der Waals surface area (Å²) in [5.74, 6) is -0.841. The van der Waals surface area contributed by atoms with Crippen LogP contribution >= 0.6 is 22.6 Å². The van der Waals surface area contributed by atoms with Crippen LogP contribution in [0, 0.1) is 3.57 Å². The Balaban J connectivity index is 2.74. The van der Waals surface area contributed by atoms with Gasteiger partial charge in [-0.05, 0) is 42.5 Å². The number of carboxylic acid groups (broad SMARTS) is 1. The lowest BCUT2D eigenvalue weighted by Gasteiger charge is -2.21. The predicted octanol–water partition coefficient (Wildman–Crippen LogP) is 1.50. The summed E-state index contributed by atoms with van der Waals surface area (Å²) in [7, 11) is 0. The second-order valence-electron chi connectivity index (χ2n) is 3.65. The first kappa shape index (κ1) is 13.4. The zero-order chi connectivity index (χ0) is 12.1. The van der Waals surface area contributed by atoms with E-state index in [0.717, 1.165) is 9.99 Å². The van der Waals surface area contributed by atoms with Gasteiger partial charge in [0.15, 0.2) is 0 Å². The highest BCUT2D eigenvalue weighted by molar-refractivity contribution is 14.1. The third-order valence-electron chi connectivity index (χ3n) is 2.35. The van der Waals surface area contributed by atoms with Crippen LogP contribution in [0.4, 0.5) is 0 Å². The first-order chi connectivity index (χ1) is 7.56. The third-order valence-corrected chi connectivity index (χ3v) is 2.91. The standard InChI is InChI=1S/C10H16IN3O2/c1-3-4-12-9(10(15)16)7(2)14-6-8(11)5-13-14/h5-7,9,12H,3-4H2,1-2H3,(H,15,16). The van der Waals surface area contributed by atoms with Gasteiger partial charge in [-0.15, -0.1) is 0 Å². The van der Waals surface area contributed by atoms with E-state index >= 15 is 0 Å². The Morgan fingerprint density at radius 2 is 2.44 bits per heavy atom. The first-order valence-corrected chi connectivity index (χ1v) is 6.30. The van der Waals surface area contributed by atoms with E-state index < -0.39 is 12.0 Å². The number of hydrogen-bond acceptors (Lipinski definition) is 3. The molecule has 0 radical (unpaired) electrons. The molecular weight excluding hydrogens is 321 g/mol. The van der Waals surface area contributed by atoms with Gasteiger partial charge in [0.1, 0.15) is 6.04 Å². The Bertz CT molecular complexity index is 354. The van der Waals surface area contributed by atoms with E-state index in [1.807, 2.05) is 20.0 Å². The van der Waals surface area contributed by atoms with Crippen LogP contribution in [-0.4, -0.2) is 33.4 Å². The monoisotopic (exact) mass is 337 g/mol. The molecule has 1 aromatic heterocycles. The van der Waals surface area contributed by atoms with Crippen LogP contribution in [0.15, 0.2) is 12.4 Å². The zero-order valence-corrected chi connectivity index (χ0v) is 11.5. The summed E-state index contributed by atoms with van der Waals surface area (Å²) in [5, 5.41) is 16.3. The number of aromatic nitrogens is 2. The van der Waals surface area contributed by atoms with Crippen molar-refractivity contribution in [3.8, 4) is 0 Å². The van der Waals surface area contributed by atoms with Crippen molar-refractivity contribution in [3.63, 3.8) is 0 Å². The summed E-state index contributed by atoms with van der Waals surface area (Å²) in [6.07, 6.45) is 4.47. The lowest BCUT2D eigenvalue weighted by Crippen LogP contribution is -2.43. The van der Waals surface area contributed by atoms with Crippen molar-refractivity contribution in [2.45, 2.75) is 32.4 Å². The average Bonchev–Trinajstić information content (AvgIpc) is 2.64. The minimum atomic E-state index is -0.841. The van der Waals surface area contributed by atoms with Gasteiger partial charge in [0.25, 0.3) is 0 Å². The molecule has 0 aromatic carbocycles. The largest absolute Gasteiger partial charge is 0.480 e. The molecule has 2 unspecified atom stereocenters. The Kier molecular flexibility index (Phi) is 5.20. The predicted molar refractivity (Wildman–Crippen MR) is 69.4 cm³/mol. The van der Waals surface area contributed by atoms with Crippen LogP contribution < -0.4 is 5.32 Å². The number of rotatable bonds is 6. The number of carboxylic acids is 1. The van der Waals surface area contributed by atoms with Gasteiger partial charge < -0.3 is 10.4 Å². The van der Waals surface area contributed by atoms with Crippen LogP contribution in [0.5, 0.6) is 0 Å². The molecule has 0 aliphatic carbocycles. The van der Waals surface area contributed by atoms with Crippen molar-refractivity contribution in [1.29, 1.82) is 0 Å². The number of halogens is 1. The van der Waals surface area contributed by atoms with Crippen molar-refractivity contribution in [2.24, 2.45) is 0 Å². The molecule has 16 heavy (non-hydrogen) atoms. The quantitative estimate of drug-likeness (QED) is 0.772. The highest BCUT2D eigenvalue weighted by Gasteiger charge is 2.25. The number of nitrogens with zero attached hydrogens (tertiary/aromatic N) is 2. The van der Waals surface area contributed by atoms with E-state index in [2.05, 4.69) is 33.0 Å². The summed E-state index contributed by atoms with van der Waals surface area (Å²) in [4.78, 5) is 11.1. The molecule has 1 heterocycles. The summed E-state index contributed by atoms with van der Waals surface area (Å²) < 4.78 is 2.69.